The Balaban J connectivity index is 2.62. The van der Waals surface area contributed by atoms with E-state index < -0.39 is 0 Å². The monoisotopic (exact) mass is 91.1 g/mol. The first kappa shape index (κ1) is 8.32. The first-order chi connectivity index (χ1) is 3.91. The van der Waals surface area contributed by atoms with Crippen LogP contribution in [0.15, 0.2) is 0 Å². The van der Waals surface area contributed by atoms with Gasteiger partial charge in [-0.3, -0.25) is 0 Å². The Morgan fingerprint density at radius 1 is 1.00 bits per heavy atom. The molecule has 0 aliphatic carbocycles. The van der Waals surface area contributed by atoms with Gasteiger partial charge in [-0.2, -0.15) is 0 Å². The molecule has 0 bridgehead atoms. The predicted molar refractivity (Wildman–Crippen MR) is 47.4 cm³/mol. The Morgan fingerprint density at radius 3 is 2.12 bits per heavy atom. The van der Waals surface area contributed by atoms with Crippen molar-refractivity contribution in [3.63, 3.8) is 0 Å². The van der Waals surface area contributed by atoms with Gasteiger partial charge in [0.1, 0.15) is 0 Å². The zero-order valence-electron chi connectivity index (χ0n) is 4.75. The maximum atomic E-state index is 5.04. The molecule has 0 heterocycles. The Kier molecular flexibility index (Phi) is 7.62. The van der Waals surface area contributed by atoms with Crippen LogP contribution in [-0.2, 0) is 0 Å². The van der Waals surface area contributed by atoms with Crippen molar-refractivity contribution >= 4 is 56.3 Å². The van der Waals surface area contributed by atoms with Crippen molar-refractivity contribution in [3.05, 3.63) is 0 Å². The molecule has 0 aromatic rings. The topological polar surface area (TPSA) is 0 Å². The molecule has 0 unspecified atom stereocenters. The third kappa shape index (κ3) is 6.32. The molecule has 0 aromatic heterocycles. The van der Waals surface area contributed by atoms with Crippen LogP contribution in [0.2, 0.25) is 0 Å². The van der Waals surface area contributed by atoms with E-state index in [4.69, 9.17) is 7.74 Å². The van der Waals surface area contributed by atoms with Gasteiger partial charge in [-0.15, -0.1) is 0 Å². The van der Waals surface area contributed by atoms with Gasteiger partial charge >= 0.3 is 56.3 Å². The van der Waals surface area contributed by atoms with Crippen LogP contribution in [0.4, 0.5) is 0 Å². The Morgan fingerprint density at radius 2 is 1.62 bits per heavy atom. The summed E-state index contributed by atoms with van der Waals surface area (Å²) < 4.78 is 0. The SMILES string of the molecule is [B][B][B][B][B][B]B=C. The molecule has 0 amide bonds. The summed E-state index contributed by atoms with van der Waals surface area (Å²) in [6.45, 7) is 5.21. The molecule has 7 radical (unpaired) electrons. The van der Waals surface area contributed by atoms with Gasteiger partial charge < -0.3 is 0 Å². The molecule has 0 spiro atoms. The van der Waals surface area contributed by atoms with Gasteiger partial charge in [0.05, 0.1) is 0 Å². The summed E-state index contributed by atoms with van der Waals surface area (Å²) in [5, 5.41) is 0. The van der Waals surface area contributed by atoms with Crippen LogP contribution in [0.1, 0.15) is 0 Å². The van der Waals surface area contributed by atoms with E-state index in [1.807, 2.05) is 21.2 Å². The summed E-state index contributed by atoms with van der Waals surface area (Å²) in [5.41, 5.74) is 0. The second-order valence-electron chi connectivity index (χ2n) is 1.20. The molecule has 8 heavy (non-hydrogen) atoms. The van der Waals surface area contributed by atoms with Crippen LogP contribution in [0, 0.1) is 0 Å². The van der Waals surface area contributed by atoms with Gasteiger partial charge in [-0.25, -0.2) is 0 Å². The molecule has 0 rings (SSSR count). The van der Waals surface area contributed by atoms with Gasteiger partial charge in [0, 0.05) is 0 Å². The van der Waals surface area contributed by atoms with Gasteiger partial charge in [-0.05, 0) is 0 Å². The molecule has 0 saturated heterocycles. The summed E-state index contributed by atoms with van der Waals surface area (Å²) in [6, 6.07) is 0. The summed E-state index contributed by atoms with van der Waals surface area (Å²) in [5.74, 6) is 0. The van der Waals surface area contributed by atoms with E-state index in [0.29, 0.717) is 0 Å². The molecule has 0 aliphatic heterocycles. The molecular formula is CH2B7. The second kappa shape index (κ2) is 7.32. The molecule has 27 valence electrons. The van der Waals surface area contributed by atoms with Crippen molar-refractivity contribution in [1.82, 2.24) is 0 Å². The van der Waals surface area contributed by atoms with E-state index in [1.54, 1.807) is 13.9 Å². The fourth-order valence-corrected chi connectivity index (χ4v) is 0.271. The van der Waals surface area contributed by atoms with E-state index in [-0.39, 0.29) is 0 Å². The first-order valence-corrected chi connectivity index (χ1v) is 2.41. The minimum atomic E-state index is 1.48. The molecule has 0 atom stereocenters. The molecule has 0 aromatic carbocycles. The summed E-state index contributed by atoms with van der Waals surface area (Å²) in [4.78, 5) is 0. The van der Waals surface area contributed by atoms with E-state index >= 15 is 0 Å². The average Bonchev–Trinajstić information content (AvgIpc) is 1.81. The van der Waals surface area contributed by atoms with Crippen molar-refractivity contribution in [2.24, 2.45) is 0 Å². The molecule has 0 fully saturated rings. The third-order valence-electron chi connectivity index (χ3n) is 0.581. The zero-order valence-corrected chi connectivity index (χ0v) is 4.75. The fraction of sp³-hybridized carbons (Fsp3) is 0. The second-order valence-corrected chi connectivity index (χ2v) is 1.20. The zero-order chi connectivity index (χ0) is 6.24. The molecule has 0 saturated carbocycles. The third-order valence-corrected chi connectivity index (χ3v) is 0.581. The molecule has 7 heteroatoms. The van der Waals surface area contributed by atoms with Gasteiger partial charge in [-0.1, -0.05) is 0 Å². The van der Waals surface area contributed by atoms with Crippen molar-refractivity contribution in [2.75, 3.05) is 0 Å². The van der Waals surface area contributed by atoms with Crippen LogP contribution >= 0.6 is 0 Å². The van der Waals surface area contributed by atoms with E-state index in [0.717, 1.165) is 0 Å². The minimum absolute atomic E-state index is 1.48. The van der Waals surface area contributed by atoms with Crippen molar-refractivity contribution in [2.45, 2.75) is 0 Å². The van der Waals surface area contributed by atoms with Gasteiger partial charge in [0.25, 0.3) is 0 Å². The standard InChI is InChI=1S/CH2B7/c1-3-5-7-8-6-4-2/h1H2. The van der Waals surface area contributed by atoms with Crippen LogP contribution in [-0.4, -0.2) is 56.3 Å². The summed E-state index contributed by atoms with van der Waals surface area (Å²) in [6.07, 6.45) is 0. The molecular weight excluding hydrogens is 87.7 g/mol. The number of rotatable bonds is 5. The summed E-state index contributed by atoms with van der Waals surface area (Å²) >= 11 is 0. The average molecular weight is 89.7 g/mol. The fourth-order valence-electron chi connectivity index (χ4n) is 0.271. The molecule has 0 aliphatic rings. The van der Waals surface area contributed by atoms with Crippen LogP contribution < -0.4 is 0 Å². The van der Waals surface area contributed by atoms with E-state index in [1.165, 1.54) is 7.06 Å². The normalized spacial score (nSPS) is 6.00. The molecule has 0 nitrogen and oxygen atoms in total. The van der Waals surface area contributed by atoms with Crippen LogP contribution in [0.3, 0.4) is 0 Å². The number of hydrogen-bond acceptors (Lipinski definition) is 0. The summed E-state index contributed by atoms with van der Waals surface area (Å²) in [7, 11) is 13.8. The van der Waals surface area contributed by atoms with E-state index in [9.17, 15) is 0 Å². The van der Waals surface area contributed by atoms with Crippen molar-refractivity contribution < 1.29 is 0 Å². The quantitative estimate of drug-likeness (QED) is 0.254. The molecule has 0 N–H and O–H groups in total. The Hall–Kier alpha value is 0.325. The number of hydrogen-bond donors (Lipinski definition) is 0. The van der Waals surface area contributed by atoms with Crippen molar-refractivity contribution in [1.29, 1.82) is 0 Å². The first-order valence-electron chi connectivity index (χ1n) is 2.41. The maximum absolute atomic E-state index is 5.04. The van der Waals surface area contributed by atoms with Crippen LogP contribution in [0.5, 0.6) is 0 Å². The predicted octanol–water partition coefficient (Wildman–Crippen LogP) is -2.70. The van der Waals surface area contributed by atoms with E-state index in [2.05, 4.69) is 6.47 Å². The van der Waals surface area contributed by atoms with Gasteiger partial charge in [0.2, 0.25) is 0 Å². The van der Waals surface area contributed by atoms with Gasteiger partial charge in [0.15, 0.2) is 0 Å². The Labute approximate surface area is 57.0 Å². The Bertz CT molecular complexity index is 50.3. The van der Waals surface area contributed by atoms with Crippen LogP contribution in [0.25, 0.3) is 0 Å². The van der Waals surface area contributed by atoms with Crippen molar-refractivity contribution in [3.8, 4) is 0 Å².